The first-order valence-electron chi connectivity index (χ1n) is 8.37. The summed E-state index contributed by atoms with van der Waals surface area (Å²) in [5, 5.41) is 11.6. The molecule has 23 heavy (non-hydrogen) atoms. The molecule has 3 atom stereocenters. The lowest BCUT2D eigenvalue weighted by atomic mass is 9.46. The summed E-state index contributed by atoms with van der Waals surface area (Å²) in [7, 11) is 0. The highest BCUT2D eigenvalue weighted by atomic mass is 16.3. The van der Waals surface area contributed by atoms with Gasteiger partial charge in [-0.05, 0) is 49.0 Å². The van der Waals surface area contributed by atoms with Gasteiger partial charge in [0, 0.05) is 16.9 Å². The Morgan fingerprint density at radius 2 is 2.04 bits per heavy atom. The summed E-state index contributed by atoms with van der Waals surface area (Å²) in [5.74, 6) is 0.00235. The summed E-state index contributed by atoms with van der Waals surface area (Å²) in [6.45, 7) is 8.25. The molecule has 0 aromatic carbocycles. The molecule has 1 N–H and O–H groups in total. The quantitative estimate of drug-likeness (QED) is 0.881. The predicted molar refractivity (Wildman–Crippen MR) is 90.7 cm³/mol. The number of aliphatic hydroxyl groups is 1. The van der Waals surface area contributed by atoms with E-state index in [2.05, 4.69) is 20.8 Å². The van der Waals surface area contributed by atoms with Gasteiger partial charge >= 0.3 is 0 Å². The monoisotopic (exact) mass is 314 g/mol. The third kappa shape index (κ3) is 2.33. The Morgan fingerprint density at radius 1 is 1.30 bits per heavy atom. The summed E-state index contributed by atoms with van der Waals surface area (Å²) in [4.78, 5) is 12.8. The molecule has 0 bridgehead atoms. The molecule has 1 heterocycles. The number of rotatable bonds is 2. The lowest BCUT2D eigenvalue weighted by Crippen LogP contribution is -2.60. The van der Waals surface area contributed by atoms with Gasteiger partial charge in [-0.1, -0.05) is 33.3 Å². The molecule has 3 nitrogen and oxygen atoms in total. The van der Waals surface area contributed by atoms with E-state index < -0.39 is 11.0 Å². The molecule has 0 aliphatic heterocycles. The number of furan rings is 1. The van der Waals surface area contributed by atoms with E-state index in [1.54, 1.807) is 18.6 Å². The van der Waals surface area contributed by atoms with E-state index in [1.165, 1.54) is 0 Å². The topological polar surface area (TPSA) is 50.4 Å². The average molecular weight is 314 g/mol. The van der Waals surface area contributed by atoms with Gasteiger partial charge in [0.05, 0.1) is 12.5 Å². The van der Waals surface area contributed by atoms with Crippen LogP contribution in [0.3, 0.4) is 0 Å². The maximum absolute atomic E-state index is 12.8. The normalized spacial score (nSPS) is 36.8. The molecule has 1 aromatic heterocycles. The van der Waals surface area contributed by atoms with Crippen LogP contribution in [0.5, 0.6) is 0 Å². The van der Waals surface area contributed by atoms with Crippen LogP contribution in [-0.2, 0) is 4.79 Å². The molecule has 1 fully saturated rings. The summed E-state index contributed by atoms with van der Waals surface area (Å²) in [5.41, 5.74) is -0.0403. The molecule has 0 spiro atoms. The maximum Gasteiger partial charge on any atom is 0.160 e. The van der Waals surface area contributed by atoms with Gasteiger partial charge in [0.2, 0.25) is 0 Å². The molecule has 3 rings (SSSR count). The van der Waals surface area contributed by atoms with Gasteiger partial charge < -0.3 is 9.52 Å². The minimum absolute atomic E-state index is 0.0985. The largest absolute Gasteiger partial charge is 0.472 e. The molecule has 3 unspecified atom stereocenters. The molecule has 2 aliphatic carbocycles. The molecular formula is C20H26O3. The minimum atomic E-state index is -1.11. The Kier molecular flexibility index (Phi) is 3.68. The first-order valence-corrected chi connectivity index (χ1v) is 8.37. The number of hydrogen-bond donors (Lipinski definition) is 1. The van der Waals surface area contributed by atoms with E-state index in [1.807, 2.05) is 25.1 Å². The van der Waals surface area contributed by atoms with Crippen LogP contribution >= 0.6 is 0 Å². The Morgan fingerprint density at radius 3 is 2.70 bits per heavy atom. The van der Waals surface area contributed by atoms with Crippen molar-refractivity contribution in [2.45, 2.75) is 52.6 Å². The number of carbonyl (C=O) groups is 1. The van der Waals surface area contributed by atoms with Crippen LogP contribution in [0.4, 0.5) is 0 Å². The SMILES string of the molecule is CC1=CC(=O)C2C(C)(C)CCCC2(C)C1(O)C=Cc1ccoc1. The second-order valence-electron chi connectivity index (χ2n) is 8.08. The van der Waals surface area contributed by atoms with Gasteiger partial charge in [0.15, 0.2) is 5.78 Å². The number of fused-ring (bicyclic) bond motifs is 1. The Labute approximate surface area is 138 Å². The fourth-order valence-corrected chi connectivity index (χ4v) is 4.94. The van der Waals surface area contributed by atoms with Crippen molar-refractivity contribution in [3.05, 3.63) is 41.9 Å². The van der Waals surface area contributed by atoms with Gasteiger partial charge in [-0.25, -0.2) is 0 Å². The highest BCUT2D eigenvalue weighted by Crippen LogP contribution is 2.60. The van der Waals surface area contributed by atoms with Gasteiger partial charge in [0.1, 0.15) is 5.60 Å². The van der Waals surface area contributed by atoms with Crippen LogP contribution in [0.25, 0.3) is 6.08 Å². The lowest BCUT2D eigenvalue weighted by molar-refractivity contribution is -0.151. The second kappa shape index (κ2) is 5.20. The average Bonchev–Trinajstić information content (AvgIpc) is 2.95. The number of allylic oxidation sites excluding steroid dienone is 1. The lowest BCUT2D eigenvalue weighted by Gasteiger charge is -2.58. The summed E-state index contributed by atoms with van der Waals surface area (Å²) in [6, 6.07) is 1.86. The first kappa shape index (κ1) is 16.3. The fourth-order valence-electron chi connectivity index (χ4n) is 4.94. The van der Waals surface area contributed by atoms with Gasteiger partial charge in [-0.2, -0.15) is 0 Å². The highest BCUT2D eigenvalue weighted by Gasteiger charge is 2.61. The predicted octanol–water partition coefficient (Wildman–Crippen LogP) is 4.39. The Hall–Kier alpha value is -1.61. The zero-order valence-electron chi connectivity index (χ0n) is 14.4. The summed E-state index contributed by atoms with van der Waals surface area (Å²) >= 11 is 0. The van der Waals surface area contributed by atoms with Crippen molar-refractivity contribution in [2.75, 3.05) is 0 Å². The first-order chi connectivity index (χ1) is 10.7. The van der Waals surface area contributed by atoms with Crippen molar-refractivity contribution in [2.24, 2.45) is 16.7 Å². The van der Waals surface area contributed by atoms with Crippen LogP contribution in [0.2, 0.25) is 0 Å². The van der Waals surface area contributed by atoms with Crippen LogP contribution in [0, 0.1) is 16.7 Å². The molecule has 0 saturated heterocycles. The van der Waals surface area contributed by atoms with Crippen molar-refractivity contribution in [1.29, 1.82) is 0 Å². The van der Waals surface area contributed by atoms with E-state index in [-0.39, 0.29) is 17.1 Å². The molecule has 2 aliphatic rings. The van der Waals surface area contributed by atoms with Crippen molar-refractivity contribution < 1.29 is 14.3 Å². The van der Waals surface area contributed by atoms with Crippen LogP contribution < -0.4 is 0 Å². The molecule has 1 saturated carbocycles. The van der Waals surface area contributed by atoms with Crippen LogP contribution in [-0.4, -0.2) is 16.5 Å². The molecule has 124 valence electrons. The summed E-state index contributed by atoms with van der Waals surface area (Å²) in [6.07, 6.45) is 11.6. The molecule has 3 heteroatoms. The molecular weight excluding hydrogens is 288 g/mol. The van der Waals surface area contributed by atoms with Crippen LogP contribution in [0.1, 0.15) is 52.5 Å². The van der Waals surface area contributed by atoms with Gasteiger partial charge in [-0.3, -0.25) is 4.79 Å². The second-order valence-corrected chi connectivity index (χ2v) is 8.08. The Balaban J connectivity index is 2.11. The minimum Gasteiger partial charge on any atom is -0.472 e. The molecule has 0 radical (unpaired) electrons. The van der Waals surface area contributed by atoms with E-state index in [0.29, 0.717) is 0 Å². The number of hydrogen-bond acceptors (Lipinski definition) is 3. The smallest absolute Gasteiger partial charge is 0.160 e. The standard InChI is InChI=1S/C20H26O3/c1-14-12-16(21)17-18(2,3)8-5-9-19(17,4)20(14,22)10-6-15-7-11-23-13-15/h6-7,10-13,17,22H,5,8-9H2,1-4H3. The van der Waals surface area contributed by atoms with E-state index in [0.717, 1.165) is 30.4 Å². The highest BCUT2D eigenvalue weighted by molar-refractivity contribution is 5.95. The molecule has 1 aromatic rings. The van der Waals surface area contributed by atoms with Crippen LogP contribution in [0.15, 0.2) is 40.7 Å². The fraction of sp³-hybridized carbons (Fsp3) is 0.550. The van der Waals surface area contributed by atoms with E-state index in [4.69, 9.17) is 4.42 Å². The van der Waals surface area contributed by atoms with E-state index in [9.17, 15) is 9.90 Å². The number of ketones is 1. The van der Waals surface area contributed by atoms with Crippen molar-refractivity contribution in [3.8, 4) is 0 Å². The van der Waals surface area contributed by atoms with E-state index >= 15 is 0 Å². The molecule has 0 amide bonds. The zero-order chi connectivity index (χ0) is 16.9. The van der Waals surface area contributed by atoms with Crippen molar-refractivity contribution >= 4 is 11.9 Å². The summed E-state index contributed by atoms with van der Waals surface area (Å²) < 4.78 is 5.09. The maximum atomic E-state index is 12.8. The third-order valence-corrected chi connectivity index (χ3v) is 6.11. The zero-order valence-corrected chi connectivity index (χ0v) is 14.4. The van der Waals surface area contributed by atoms with Crippen molar-refractivity contribution in [3.63, 3.8) is 0 Å². The van der Waals surface area contributed by atoms with Gasteiger partial charge in [-0.15, -0.1) is 0 Å². The Bertz CT molecular complexity index is 665. The van der Waals surface area contributed by atoms with Crippen molar-refractivity contribution in [1.82, 2.24) is 0 Å². The number of carbonyl (C=O) groups excluding carboxylic acids is 1. The van der Waals surface area contributed by atoms with Gasteiger partial charge in [0.25, 0.3) is 0 Å². The third-order valence-electron chi connectivity index (χ3n) is 6.11.